The largest absolute Gasteiger partial charge is 0.397 e. The molecule has 0 aliphatic heterocycles. The van der Waals surface area contributed by atoms with E-state index in [1.807, 2.05) is 48.9 Å². The van der Waals surface area contributed by atoms with Crippen LogP contribution in [0.1, 0.15) is 5.56 Å². The van der Waals surface area contributed by atoms with Gasteiger partial charge in [0.2, 0.25) is 0 Å². The molecule has 0 bridgehead atoms. The van der Waals surface area contributed by atoms with Crippen molar-refractivity contribution in [3.8, 4) is 0 Å². The third kappa shape index (κ3) is 2.54. The van der Waals surface area contributed by atoms with Gasteiger partial charge in [-0.05, 0) is 36.2 Å². The molecular formula is C16H16N4. The van der Waals surface area contributed by atoms with Gasteiger partial charge in [0.05, 0.1) is 11.4 Å². The predicted molar refractivity (Wildman–Crippen MR) is 82.6 cm³/mol. The van der Waals surface area contributed by atoms with Crippen LogP contribution in [0.3, 0.4) is 0 Å². The molecule has 0 spiro atoms. The van der Waals surface area contributed by atoms with Crippen LogP contribution in [0.15, 0.2) is 55.1 Å². The smallest absolute Gasteiger partial charge is 0.0630 e. The van der Waals surface area contributed by atoms with Crippen molar-refractivity contribution in [3.63, 3.8) is 0 Å². The summed E-state index contributed by atoms with van der Waals surface area (Å²) in [5.74, 6) is 0. The summed E-state index contributed by atoms with van der Waals surface area (Å²) in [6.45, 7) is 0.838. The number of rotatable bonds is 4. The second-order valence-corrected chi connectivity index (χ2v) is 4.66. The zero-order valence-electron chi connectivity index (χ0n) is 11.1. The molecule has 2 heterocycles. The number of aromatic nitrogens is 2. The zero-order chi connectivity index (χ0) is 13.8. The minimum atomic E-state index is 0.777. The van der Waals surface area contributed by atoms with Crippen molar-refractivity contribution in [3.05, 3.63) is 60.7 Å². The van der Waals surface area contributed by atoms with Gasteiger partial charge in [0.25, 0.3) is 0 Å². The second-order valence-electron chi connectivity index (χ2n) is 4.66. The number of benzene rings is 1. The van der Waals surface area contributed by atoms with E-state index in [4.69, 9.17) is 5.73 Å². The van der Waals surface area contributed by atoms with Gasteiger partial charge in [-0.25, -0.2) is 0 Å². The summed E-state index contributed by atoms with van der Waals surface area (Å²) >= 11 is 0. The van der Waals surface area contributed by atoms with Crippen molar-refractivity contribution < 1.29 is 0 Å². The van der Waals surface area contributed by atoms with E-state index in [0.29, 0.717) is 0 Å². The first kappa shape index (κ1) is 12.4. The Morgan fingerprint density at radius 2 is 1.75 bits per heavy atom. The molecule has 2 aromatic heterocycles. The Morgan fingerprint density at radius 3 is 2.60 bits per heavy atom. The number of hydrogen-bond acceptors (Lipinski definition) is 4. The fourth-order valence-electron chi connectivity index (χ4n) is 2.24. The Labute approximate surface area is 117 Å². The van der Waals surface area contributed by atoms with Crippen LogP contribution in [0.5, 0.6) is 0 Å². The first-order valence-corrected chi connectivity index (χ1v) is 6.59. The molecule has 0 fully saturated rings. The molecule has 4 heteroatoms. The summed E-state index contributed by atoms with van der Waals surface area (Å²) in [5.41, 5.74) is 9.21. The van der Waals surface area contributed by atoms with Crippen LogP contribution in [0.25, 0.3) is 10.8 Å². The third-order valence-electron chi connectivity index (χ3n) is 3.34. The summed E-state index contributed by atoms with van der Waals surface area (Å²) in [6.07, 6.45) is 8.15. The third-order valence-corrected chi connectivity index (χ3v) is 3.34. The van der Waals surface area contributed by atoms with Crippen molar-refractivity contribution >= 4 is 22.1 Å². The number of nitrogens with one attached hydrogen (secondary N) is 1. The van der Waals surface area contributed by atoms with Crippen molar-refractivity contribution in [1.82, 2.24) is 9.97 Å². The quantitative estimate of drug-likeness (QED) is 0.711. The molecule has 3 aromatic rings. The van der Waals surface area contributed by atoms with Gasteiger partial charge in [0.1, 0.15) is 0 Å². The number of hydrogen-bond donors (Lipinski definition) is 2. The molecule has 20 heavy (non-hydrogen) atoms. The second kappa shape index (κ2) is 5.57. The van der Waals surface area contributed by atoms with Crippen molar-refractivity contribution in [2.24, 2.45) is 0 Å². The van der Waals surface area contributed by atoms with Crippen LogP contribution in [-0.4, -0.2) is 16.5 Å². The van der Waals surface area contributed by atoms with Crippen LogP contribution in [0.4, 0.5) is 11.4 Å². The maximum Gasteiger partial charge on any atom is 0.0630 e. The molecule has 0 saturated carbocycles. The van der Waals surface area contributed by atoms with E-state index in [0.717, 1.165) is 35.1 Å². The molecule has 0 aliphatic rings. The Morgan fingerprint density at radius 1 is 0.950 bits per heavy atom. The Bertz CT molecular complexity index is 710. The van der Waals surface area contributed by atoms with Gasteiger partial charge in [-0.3, -0.25) is 9.97 Å². The molecule has 0 atom stereocenters. The number of pyridine rings is 2. The van der Waals surface area contributed by atoms with Crippen LogP contribution < -0.4 is 11.1 Å². The number of nitrogen functional groups attached to an aromatic ring is 1. The van der Waals surface area contributed by atoms with E-state index in [2.05, 4.69) is 15.3 Å². The maximum absolute atomic E-state index is 6.20. The van der Waals surface area contributed by atoms with Crippen molar-refractivity contribution in [2.45, 2.75) is 6.42 Å². The van der Waals surface area contributed by atoms with Gasteiger partial charge in [-0.2, -0.15) is 0 Å². The van der Waals surface area contributed by atoms with E-state index in [9.17, 15) is 0 Å². The van der Waals surface area contributed by atoms with Gasteiger partial charge >= 0.3 is 0 Å². The van der Waals surface area contributed by atoms with E-state index < -0.39 is 0 Å². The van der Waals surface area contributed by atoms with Crippen LogP contribution in [0, 0.1) is 0 Å². The predicted octanol–water partition coefficient (Wildman–Crippen LogP) is 2.87. The van der Waals surface area contributed by atoms with E-state index >= 15 is 0 Å². The topological polar surface area (TPSA) is 63.8 Å². The summed E-state index contributed by atoms with van der Waals surface area (Å²) in [7, 11) is 0. The van der Waals surface area contributed by atoms with Gasteiger partial charge in [-0.1, -0.05) is 6.07 Å². The summed E-state index contributed by atoms with van der Waals surface area (Å²) in [4.78, 5) is 8.12. The van der Waals surface area contributed by atoms with Crippen LogP contribution in [0.2, 0.25) is 0 Å². The number of fused-ring (bicyclic) bond motifs is 1. The van der Waals surface area contributed by atoms with E-state index in [-0.39, 0.29) is 0 Å². The minimum Gasteiger partial charge on any atom is -0.397 e. The van der Waals surface area contributed by atoms with Crippen molar-refractivity contribution in [1.29, 1.82) is 0 Å². The molecule has 1 aromatic carbocycles. The summed E-state index contributed by atoms with van der Waals surface area (Å²) in [6, 6.07) is 10.0. The molecular weight excluding hydrogens is 248 g/mol. The molecule has 0 radical (unpaired) electrons. The molecule has 3 N–H and O–H groups in total. The lowest BCUT2D eigenvalue weighted by molar-refractivity contribution is 1.01. The minimum absolute atomic E-state index is 0.777. The highest BCUT2D eigenvalue weighted by Gasteiger charge is 2.03. The molecule has 0 amide bonds. The Kier molecular flexibility index (Phi) is 3.46. The molecule has 0 unspecified atom stereocenters. The average Bonchev–Trinajstić information content (AvgIpc) is 2.51. The fraction of sp³-hybridized carbons (Fsp3) is 0.125. The highest BCUT2D eigenvalue weighted by molar-refractivity contribution is 5.98. The lowest BCUT2D eigenvalue weighted by atomic mass is 10.1. The van der Waals surface area contributed by atoms with Crippen LogP contribution >= 0.6 is 0 Å². The zero-order valence-corrected chi connectivity index (χ0v) is 11.1. The Balaban J connectivity index is 1.73. The maximum atomic E-state index is 6.20. The number of anilines is 2. The normalized spacial score (nSPS) is 10.6. The van der Waals surface area contributed by atoms with E-state index in [1.165, 1.54) is 5.56 Å². The Hall–Kier alpha value is -2.62. The highest BCUT2D eigenvalue weighted by atomic mass is 14.9. The molecule has 0 aliphatic carbocycles. The van der Waals surface area contributed by atoms with Gasteiger partial charge < -0.3 is 11.1 Å². The molecule has 3 rings (SSSR count). The lowest BCUT2D eigenvalue weighted by Gasteiger charge is -2.11. The summed E-state index contributed by atoms with van der Waals surface area (Å²) < 4.78 is 0. The van der Waals surface area contributed by atoms with Gasteiger partial charge in [0.15, 0.2) is 0 Å². The standard InChI is InChI=1S/C16H16N4/c17-16-14-6-9-19-11-13(14)1-2-15(16)20-10-5-12-3-7-18-8-4-12/h1-4,6-9,11,20H,5,10,17H2. The van der Waals surface area contributed by atoms with Gasteiger partial charge in [0, 0.05) is 42.1 Å². The monoisotopic (exact) mass is 264 g/mol. The molecule has 100 valence electrons. The number of nitrogens with zero attached hydrogens (tertiary/aromatic N) is 2. The molecule has 4 nitrogen and oxygen atoms in total. The summed E-state index contributed by atoms with van der Waals surface area (Å²) in [5, 5.41) is 5.48. The fourth-order valence-corrected chi connectivity index (χ4v) is 2.24. The average molecular weight is 264 g/mol. The highest BCUT2D eigenvalue weighted by Crippen LogP contribution is 2.27. The van der Waals surface area contributed by atoms with Crippen molar-refractivity contribution in [2.75, 3.05) is 17.6 Å². The molecule has 0 saturated heterocycles. The van der Waals surface area contributed by atoms with E-state index in [1.54, 1.807) is 6.20 Å². The lowest BCUT2D eigenvalue weighted by Crippen LogP contribution is -2.07. The number of nitrogens with two attached hydrogens (primary N) is 1. The first-order valence-electron chi connectivity index (χ1n) is 6.59. The SMILES string of the molecule is Nc1c(NCCc2ccncc2)ccc2cnccc12. The van der Waals surface area contributed by atoms with Crippen LogP contribution in [-0.2, 0) is 6.42 Å². The first-order chi connectivity index (χ1) is 9.84. The van der Waals surface area contributed by atoms with Gasteiger partial charge in [-0.15, -0.1) is 0 Å².